The number of likely N-dealkylation sites (N-methyl/N-ethyl adjacent to an activating group) is 1. The smallest absolute Gasteiger partial charge is 0.129 e. The van der Waals surface area contributed by atoms with Gasteiger partial charge in [-0.25, -0.2) is 8.78 Å². The van der Waals surface area contributed by atoms with Crippen LogP contribution >= 0.6 is 0 Å². The molecule has 0 fully saturated rings. The van der Waals surface area contributed by atoms with Crippen LogP contribution in [0.4, 0.5) is 8.78 Å². The van der Waals surface area contributed by atoms with E-state index in [1.165, 1.54) is 18.2 Å². The zero-order valence-electron chi connectivity index (χ0n) is 11.0. The summed E-state index contributed by atoms with van der Waals surface area (Å²) < 4.78 is 27.3. The SMILES string of the molecule is CNC(Cc1c(F)cccc1F)c1cc(C)ccn1. The molecule has 1 atom stereocenters. The Bertz CT molecular complexity index is 550. The van der Waals surface area contributed by atoms with E-state index in [0.29, 0.717) is 0 Å². The van der Waals surface area contributed by atoms with Gasteiger partial charge in [-0.15, -0.1) is 0 Å². The molecule has 1 heterocycles. The van der Waals surface area contributed by atoms with Gasteiger partial charge < -0.3 is 5.32 Å². The quantitative estimate of drug-likeness (QED) is 0.915. The maximum atomic E-state index is 13.7. The summed E-state index contributed by atoms with van der Waals surface area (Å²) in [5.74, 6) is -1.04. The van der Waals surface area contributed by atoms with Crippen molar-refractivity contribution in [1.82, 2.24) is 10.3 Å². The van der Waals surface area contributed by atoms with Crippen LogP contribution in [0, 0.1) is 18.6 Å². The monoisotopic (exact) mass is 262 g/mol. The van der Waals surface area contributed by atoms with Gasteiger partial charge in [-0.3, -0.25) is 4.98 Å². The predicted molar refractivity (Wildman–Crippen MR) is 70.8 cm³/mol. The van der Waals surface area contributed by atoms with Crippen molar-refractivity contribution >= 4 is 0 Å². The van der Waals surface area contributed by atoms with Crippen LogP contribution in [-0.4, -0.2) is 12.0 Å². The lowest BCUT2D eigenvalue weighted by Gasteiger charge is -2.17. The first-order valence-electron chi connectivity index (χ1n) is 6.14. The van der Waals surface area contributed by atoms with Gasteiger partial charge in [0.2, 0.25) is 0 Å². The molecule has 0 radical (unpaired) electrons. The van der Waals surface area contributed by atoms with Crippen molar-refractivity contribution < 1.29 is 8.78 Å². The third-order valence-corrected chi connectivity index (χ3v) is 3.11. The summed E-state index contributed by atoms with van der Waals surface area (Å²) in [7, 11) is 1.76. The average Bonchev–Trinajstić information content (AvgIpc) is 2.38. The molecule has 0 bridgehead atoms. The van der Waals surface area contributed by atoms with Crippen LogP contribution in [0.1, 0.15) is 22.9 Å². The first kappa shape index (κ1) is 13.6. The molecule has 2 nitrogen and oxygen atoms in total. The van der Waals surface area contributed by atoms with E-state index in [9.17, 15) is 8.78 Å². The fraction of sp³-hybridized carbons (Fsp3) is 0.267. The second-order valence-electron chi connectivity index (χ2n) is 4.50. The molecule has 0 aliphatic heterocycles. The van der Waals surface area contributed by atoms with Gasteiger partial charge in [0.05, 0.1) is 11.7 Å². The van der Waals surface area contributed by atoms with E-state index in [4.69, 9.17) is 0 Å². The molecular weight excluding hydrogens is 246 g/mol. The summed E-state index contributed by atoms with van der Waals surface area (Å²) in [5.41, 5.74) is 1.94. The van der Waals surface area contributed by atoms with Crippen LogP contribution in [0.25, 0.3) is 0 Å². The van der Waals surface area contributed by atoms with E-state index in [-0.39, 0.29) is 18.0 Å². The molecule has 1 aromatic heterocycles. The molecule has 1 N–H and O–H groups in total. The number of nitrogens with zero attached hydrogens (tertiary/aromatic N) is 1. The van der Waals surface area contributed by atoms with Crippen molar-refractivity contribution in [1.29, 1.82) is 0 Å². The Morgan fingerprint density at radius 3 is 2.47 bits per heavy atom. The van der Waals surface area contributed by atoms with Gasteiger partial charge in [0.15, 0.2) is 0 Å². The Kier molecular flexibility index (Phi) is 4.22. The molecule has 100 valence electrons. The highest BCUT2D eigenvalue weighted by Gasteiger charge is 2.17. The summed E-state index contributed by atoms with van der Waals surface area (Å²) in [4.78, 5) is 4.26. The average molecular weight is 262 g/mol. The number of aryl methyl sites for hydroxylation is 1. The molecule has 0 amide bonds. The fourth-order valence-corrected chi connectivity index (χ4v) is 2.04. The first-order valence-corrected chi connectivity index (χ1v) is 6.14. The van der Waals surface area contributed by atoms with Gasteiger partial charge in [-0.2, -0.15) is 0 Å². The standard InChI is InChI=1S/C15H16F2N2/c1-10-6-7-19-15(8-10)14(18-2)9-11-12(16)4-3-5-13(11)17/h3-8,14,18H,9H2,1-2H3. The summed E-state index contributed by atoms with van der Waals surface area (Å²) >= 11 is 0. The molecule has 0 saturated heterocycles. The zero-order chi connectivity index (χ0) is 13.8. The normalized spacial score (nSPS) is 12.4. The van der Waals surface area contributed by atoms with E-state index in [0.717, 1.165) is 11.3 Å². The highest BCUT2D eigenvalue weighted by atomic mass is 19.1. The molecule has 19 heavy (non-hydrogen) atoms. The second kappa shape index (κ2) is 5.89. The summed E-state index contributed by atoms with van der Waals surface area (Å²) in [5, 5.41) is 3.05. The van der Waals surface area contributed by atoms with E-state index in [1.807, 2.05) is 19.1 Å². The van der Waals surface area contributed by atoms with Gasteiger partial charge in [0.25, 0.3) is 0 Å². The van der Waals surface area contributed by atoms with Crippen LogP contribution < -0.4 is 5.32 Å². The van der Waals surface area contributed by atoms with Crippen molar-refractivity contribution in [2.24, 2.45) is 0 Å². The third kappa shape index (κ3) is 3.15. The minimum atomic E-state index is -0.520. The zero-order valence-corrected chi connectivity index (χ0v) is 11.0. The van der Waals surface area contributed by atoms with Gasteiger partial charge >= 0.3 is 0 Å². The number of aromatic nitrogens is 1. The molecule has 0 aliphatic carbocycles. The van der Waals surface area contributed by atoms with Crippen LogP contribution in [0.2, 0.25) is 0 Å². The van der Waals surface area contributed by atoms with E-state index < -0.39 is 11.6 Å². The molecule has 0 saturated carbocycles. The molecule has 0 aliphatic rings. The van der Waals surface area contributed by atoms with E-state index in [1.54, 1.807) is 13.2 Å². The molecule has 1 aromatic carbocycles. The Morgan fingerprint density at radius 1 is 1.21 bits per heavy atom. The van der Waals surface area contributed by atoms with E-state index in [2.05, 4.69) is 10.3 Å². The summed E-state index contributed by atoms with van der Waals surface area (Å²) in [6, 6.07) is 7.50. The Morgan fingerprint density at radius 2 is 1.89 bits per heavy atom. The van der Waals surface area contributed by atoms with Crippen LogP contribution in [0.3, 0.4) is 0 Å². The maximum Gasteiger partial charge on any atom is 0.129 e. The lowest BCUT2D eigenvalue weighted by Crippen LogP contribution is -2.21. The number of pyridine rings is 1. The van der Waals surface area contributed by atoms with Gasteiger partial charge in [-0.1, -0.05) is 6.07 Å². The molecule has 2 rings (SSSR count). The number of rotatable bonds is 4. The lowest BCUT2D eigenvalue weighted by molar-refractivity contribution is 0.509. The number of nitrogens with one attached hydrogen (secondary N) is 1. The van der Waals surface area contributed by atoms with Crippen molar-refractivity contribution in [3.63, 3.8) is 0 Å². The van der Waals surface area contributed by atoms with Crippen molar-refractivity contribution in [3.8, 4) is 0 Å². The highest BCUT2D eigenvalue weighted by molar-refractivity contribution is 5.24. The van der Waals surface area contributed by atoms with Crippen molar-refractivity contribution in [2.45, 2.75) is 19.4 Å². The van der Waals surface area contributed by atoms with Crippen LogP contribution in [0.15, 0.2) is 36.5 Å². The number of hydrogen-bond donors (Lipinski definition) is 1. The lowest BCUT2D eigenvalue weighted by atomic mass is 10.0. The molecular formula is C15H16F2N2. The van der Waals surface area contributed by atoms with Gasteiger partial charge in [0.1, 0.15) is 11.6 Å². The number of hydrogen-bond acceptors (Lipinski definition) is 2. The fourth-order valence-electron chi connectivity index (χ4n) is 2.04. The minimum absolute atomic E-state index is 0.0881. The van der Waals surface area contributed by atoms with Gasteiger partial charge in [0, 0.05) is 11.8 Å². The highest BCUT2D eigenvalue weighted by Crippen LogP contribution is 2.21. The van der Waals surface area contributed by atoms with E-state index >= 15 is 0 Å². The molecule has 1 unspecified atom stereocenters. The maximum absolute atomic E-state index is 13.7. The Balaban J connectivity index is 2.29. The first-order chi connectivity index (χ1) is 9.11. The summed E-state index contributed by atoms with van der Waals surface area (Å²) in [6.07, 6.45) is 1.93. The van der Waals surface area contributed by atoms with Crippen molar-refractivity contribution in [3.05, 3.63) is 65.0 Å². The van der Waals surface area contributed by atoms with Crippen LogP contribution in [-0.2, 0) is 6.42 Å². The van der Waals surface area contributed by atoms with Gasteiger partial charge in [-0.05, 0) is 50.2 Å². The molecule has 2 aromatic rings. The number of benzene rings is 1. The van der Waals surface area contributed by atoms with Crippen LogP contribution in [0.5, 0.6) is 0 Å². The topological polar surface area (TPSA) is 24.9 Å². The second-order valence-corrected chi connectivity index (χ2v) is 4.50. The summed E-state index contributed by atoms with van der Waals surface area (Å²) in [6.45, 7) is 1.96. The van der Waals surface area contributed by atoms with Crippen molar-refractivity contribution in [2.75, 3.05) is 7.05 Å². The largest absolute Gasteiger partial charge is 0.311 e. The molecule has 4 heteroatoms. The third-order valence-electron chi connectivity index (χ3n) is 3.11. The number of halogens is 2. The minimum Gasteiger partial charge on any atom is -0.311 e. The predicted octanol–water partition coefficient (Wildman–Crippen LogP) is 3.17. The Labute approximate surface area is 111 Å². The Hall–Kier alpha value is -1.81. The molecule has 0 spiro atoms.